The summed E-state index contributed by atoms with van der Waals surface area (Å²) in [6.45, 7) is 4.55. The number of halogens is 1. The van der Waals surface area contributed by atoms with Gasteiger partial charge in [0.2, 0.25) is 5.91 Å². The molecule has 0 saturated carbocycles. The number of rotatable bonds is 5. The molecule has 2 saturated heterocycles. The van der Waals surface area contributed by atoms with Crippen molar-refractivity contribution in [2.45, 2.75) is 44.8 Å². The Morgan fingerprint density at radius 1 is 1.45 bits per heavy atom. The van der Waals surface area contributed by atoms with Crippen LogP contribution in [0.3, 0.4) is 0 Å². The van der Waals surface area contributed by atoms with E-state index in [4.69, 9.17) is 10.5 Å². The molecule has 2 aliphatic heterocycles. The second-order valence-corrected chi connectivity index (χ2v) is 6.77. The Balaban J connectivity index is 0.00000200. The van der Waals surface area contributed by atoms with E-state index in [0.29, 0.717) is 30.4 Å². The lowest BCUT2D eigenvalue weighted by Crippen LogP contribution is -2.36. The lowest BCUT2D eigenvalue weighted by molar-refractivity contribution is -0.128. The minimum absolute atomic E-state index is 0. The van der Waals surface area contributed by atoms with E-state index >= 15 is 0 Å². The van der Waals surface area contributed by atoms with Crippen LogP contribution >= 0.6 is 24.2 Å². The van der Waals surface area contributed by atoms with Crippen LogP contribution in [0.4, 0.5) is 0 Å². The molecule has 2 N–H and O–H groups in total. The molecule has 0 aliphatic carbocycles. The van der Waals surface area contributed by atoms with Crippen molar-refractivity contribution in [3.8, 4) is 0 Å². The molecule has 3 unspecified atom stereocenters. The van der Waals surface area contributed by atoms with Crippen LogP contribution in [0.5, 0.6) is 0 Å². The van der Waals surface area contributed by atoms with Crippen LogP contribution in [-0.2, 0) is 9.53 Å². The maximum absolute atomic E-state index is 12.2. The summed E-state index contributed by atoms with van der Waals surface area (Å²) in [4.78, 5) is 14.2. The smallest absolute Gasteiger partial charge is 0.232 e. The fraction of sp³-hybridized carbons (Fsp3) is 0.929. The number of likely N-dealkylation sites (tertiary alicyclic amines) is 1. The molecule has 4 nitrogen and oxygen atoms in total. The molecule has 0 aromatic heterocycles. The summed E-state index contributed by atoms with van der Waals surface area (Å²) in [5, 5.41) is 0. The zero-order chi connectivity index (χ0) is 13.7. The zero-order valence-electron chi connectivity index (χ0n) is 12.3. The van der Waals surface area contributed by atoms with Gasteiger partial charge in [0.25, 0.3) is 0 Å². The molecule has 2 fully saturated rings. The lowest BCUT2D eigenvalue weighted by Gasteiger charge is -2.24. The van der Waals surface area contributed by atoms with Gasteiger partial charge >= 0.3 is 0 Å². The number of nitrogens with zero attached hydrogens (tertiary/aromatic N) is 1. The predicted octanol–water partition coefficient (Wildman–Crippen LogP) is 1.91. The molecule has 2 aliphatic rings. The summed E-state index contributed by atoms with van der Waals surface area (Å²) in [5.41, 5.74) is 5.70. The van der Waals surface area contributed by atoms with E-state index in [1.165, 1.54) is 12.8 Å². The predicted molar refractivity (Wildman–Crippen MR) is 86.5 cm³/mol. The van der Waals surface area contributed by atoms with Crippen molar-refractivity contribution in [2.75, 3.05) is 31.2 Å². The van der Waals surface area contributed by atoms with Gasteiger partial charge in [0, 0.05) is 24.9 Å². The quantitative estimate of drug-likeness (QED) is 0.840. The van der Waals surface area contributed by atoms with Crippen LogP contribution in [0.15, 0.2) is 0 Å². The van der Waals surface area contributed by atoms with Crippen LogP contribution in [0.2, 0.25) is 0 Å². The number of nitrogens with two attached hydrogens (primary N) is 1. The molecule has 0 radical (unpaired) electrons. The van der Waals surface area contributed by atoms with Gasteiger partial charge in [-0.3, -0.25) is 4.79 Å². The normalized spacial score (nSPS) is 30.1. The number of ether oxygens (including phenoxy) is 1. The van der Waals surface area contributed by atoms with Crippen molar-refractivity contribution in [3.63, 3.8) is 0 Å². The van der Waals surface area contributed by atoms with Gasteiger partial charge in [0.1, 0.15) is 0 Å². The first-order valence-corrected chi connectivity index (χ1v) is 8.55. The van der Waals surface area contributed by atoms with Crippen molar-refractivity contribution in [1.29, 1.82) is 0 Å². The molecule has 20 heavy (non-hydrogen) atoms. The van der Waals surface area contributed by atoms with Gasteiger partial charge < -0.3 is 15.4 Å². The molecule has 0 bridgehead atoms. The Bertz CT molecular complexity index is 301. The van der Waals surface area contributed by atoms with Gasteiger partial charge in [-0.2, -0.15) is 0 Å². The van der Waals surface area contributed by atoms with E-state index in [1.807, 2.05) is 4.90 Å². The fourth-order valence-corrected chi connectivity index (χ4v) is 3.94. The van der Waals surface area contributed by atoms with E-state index < -0.39 is 0 Å². The largest absolute Gasteiger partial charge is 0.377 e. The molecular formula is C14H27ClN2O2S. The second-order valence-electron chi connectivity index (χ2n) is 5.74. The van der Waals surface area contributed by atoms with E-state index in [1.54, 1.807) is 11.8 Å². The maximum atomic E-state index is 12.2. The van der Waals surface area contributed by atoms with Gasteiger partial charge in [-0.05, 0) is 45.1 Å². The first kappa shape index (κ1) is 18.1. The van der Waals surface area contributed by atoms with Crippen molar-refractivity contribution in [3.05, 3.63) is 0 Å². The Hall–Kier alpha value is 0.0300. The molecule has 118 valence electrons. The summed E-state index contributed by atoms with van der Waals surface area (Å²) in [5.74, 6) is 2.30. The van der Waals surface area contributed by atoms with E-state index in [0.717, 1.165) is 31.7 Å². The average Bonchev–Trinajstić information content (AvgIpc) is 2.81. The monoisotopic (exact) mass is 322 g/mol. The number of hydrogen-bond donors (Lipinski definition) is 1. The van der Waals surface area contributed by atoms with Gasteiger partial charge in [-0.15, -0.1) is 24.2 Å². The summed E-state index contributed by atoms with van der Waals surface area (Å²) in [6.07, 6.45) is 5.01. The molecule has 0 aromatic carbocycles. The highest BCUT2D eigenvalue weighted by molar-refractivity contribution is 7.99. The van der Waals surface area contributed by atoms with Crippen molar-refractivity contribution in [1.82, 2.24) is 4.90 Å². The third kappa shape index (κ3) is 5.10. The van der Waals surface area contributed by atoms with E-state index in [-0.39, 0.29) is 18.3 Å². The zero-order valence-corrected chi connectivity index (χ0v) is 13.9. The standard InChI is InChI=1S/C14H26N2O2S.ClH/c1-11-6-12(7-15)8-16(11)14(17)10-19-9-13-4-2-3-5-18-13;/h11-13H,2-10,15H2,1H3;1H. The van der Waals surface area contributed by atoms with Crippen LogP contribution in [0.1, 0.15) is 32.6 Å². The van der Waals surface area contributed by atoms with Crippen molar-refractivity contribution >= 4 is 30.1 Å². The molecular weight excluding hydrogens is 296 g/mol. The van der Waals surface area contributed by atoms with Crippen LogP contribution in [-0.4, -0.2) is 54.2 Å². The summed E-state index contributed by atoms with van der Waals surface area (Å²) in [7, 11) is 0. The minimum atomic E-state index is 0. The number of thioether (sulfide) groups is 1. The minimum Gasteiger partial charge on any atom is -0.377 e. The highest BCUT2D eigenvalue weighted by Crippen LogP contribution is 2.23. The van der Waals surface area contributed by atoms with Gasteiger partial charge in [-0.1, -0.05) is 0 Å². The molecule has 0 aromatic rings. The van der Waals surface area contributed by atoms with E-state index in [9.17, 15) is 4.79 Å². The highest BCUT2D eigenvalue weighted by atomic mass is 35.5. The number of hydrogen-bond acceptors (Lipinski definition) is 4. The molecule has 2 rings (SSSR count). The topological polar surface area (TPSA) is 55.6 Å². The summed E-state index contributed by atoms with van der Waals surface area (Å²) < 4.78 is 5.68. The average molecular weight is 323 g/mol. The van der Waals surface area contributed by atoms with Crippen LogP contribution in [0.25, 0.3) is 0 Å². The van der Waals surface area contributed by atoms with E-state index in [2.05, 4.69) is 6.92 Å². The third-order valence-electron chi connectivity index (χ3n) is 4.12. The Labute approximate surface area is 132 Å². The number of amides is 1. The van der Waals surface area contributed by atoms with Gasteiger partial charge in [0.05, 0.1) is 11.9 Å². The molecule has 3 atom stereocenters. The van der Waals surface area contributed by atoms with Crippen molar-refractivity contribution < 1.29 is 9.53 Å². The molecule has 1 amide bonds. The summed E-state index contributed by atoms with van der Waals surface area (Å²) in [6, 6.07) is 0.354. The Morgan fingerprint density at radius 3 is 2.85 bits per heavy atom. The SMILES string of the molecule is CC1CC(CN)CN1C(=O)CSCC1CCCCO1.Cl. The fourth-order valence-electron chi connectivity index (χ4n) is 2.96. The van der Waals surface area contributed by atoms with Gasteiger partial charge in [-0.25, -0.2) is 0 Å². The van der Waals surface area contributed by atoms with Crippen LogP contribution < -0.4 is 5.73 Å². The highest BCUT2D eigenvalue weighted by Gasteiger charge is 2.31. The van der Waals surface area contributed by atoms with Crippen LogP contribution in [0, 0.1) is 5.92 Å². The Morgan fingerprint density at radius 2 is 2.25 bits per heavy atom. The number of carbonyl (C=O) groups excluding carboxylic acids is 1. The summed E-state index contributed by atoms with van der Waals surface area (Å²) >= 11 is 1.72. The Kier molecular flexibility index (Phi) is 8.25. The van der Waals surface area contributed by atoms with Crippen molar-refractivity contribution in [2.24, 2.45) is 11.7 Å². The molecule has 0 spiro atoms. The first-order valence-electron chi connectivity index (χ1n) is 7.39. The van der Waals surface area contributed by atoms with Gasteiger partial charge in [0.15, 0.2) is 0 Å². The molecule has 2 heterocycles. The number of carbonyl (C=O) groups is 1. The maximum Gasteiger partial charge on any atom is 0.232 e. The second kappa shape index (κ2) is 9.13. The first-order chi connectivity index (χ1) is 9.20. The third-order valence-corrected chi connectivity index (χ3v) is 5.18. The molecule has 6 heteroatoms. The lowest BCUT2D eigenvalue weighted by atomic mass is 10.1.